The van der Waals surface area contributed by atoms with Crippen molar-refractivity contribution in [2.24, 2.45) is 11.8 Å². The van der Waals surface area contributed by atoms with Gasteiger partial charge in [0.2, 0.25) is 0 Å². The highest BCUT2D eigenvalue weighted by Crippen LogP contribution is 2.21. The lowest BCUT2D eigenvalue weighted by molar-refractivity contribution is -0.136. The van der Waals surface area contributed by atoms with Crippen molar-refractivity contribution in [2.75, 3.05) is 19.7 Å². The number of rotatable bonds is 3. The highest BCUT2D eigenvalue weighted by Gasteiger charge is 2.25. The summed E-state index contributed by atoms with van der Waals surface area (Å²) in [6.07, 6.45) is 1.20. The zero-order valence-corrected chi connectivity index (χ0v) is 13.0. The van der Waals surface area contributed by atoms with E-state index in [2.05, 4.69) is 29.8 Å². The third-order valence-electron chi connectivity index (χ3n) is 3.38. The molecule has 1 aromatic carbocycles. The van der Waals surface area contributed by atoms with Gasteiger partial charge in [0, 0.05) is 17.6 Å². The lowest BCUT2D eigenvalue weighted by atomic mass is 9.92. The van der Waals surface area contributed by atoms with Crippen molar-refractivity contribution < 1.29 is 9.53 Å². The predicted octanol–water partition coefficient (Wildman–Crippen LogP) is 3.33. The fourth-order valence-corrected chi connectivity index (χ4v) is 3.04. The van der Waals surface area contributed by atoms with Crippen LogP contribution in [0.2, 0.25) is 0 Å². The summed E-state index contributed by atoms with van der Waals surface area (Å²) in [5.74, 6) is 1.97. The van der Waals surface area contributed by atoms with Gasteiger partial charge >= 0.3 is 0 Å². The summed E-state index contributed by atoms with van der Waals surface area (Å²) in [6, 6.07) is 7.56. The fraction of sp³-hybridized carbons (Fsp3) is 0.533. The number of amides is 1. The third kappa shape index (κ3) is 4.23. The Morgan fingerprint density at radius 3 is 2.68 bits per heavy atom. The number of halogens is 1. The molecule has 1 heterocycles. The van der Waals surface area contributed by atoms with Crippen molar-refractivity contribution in [2.45, 2.75) is 20.3 Å². The van der Waals surface area contributed by atoms with Gasteiger partial charge in [-0.25, -0.2) is 0 Å². The second-order valence-electron chi connectivity index (χ2n) is 5.49. The first-order chi connectivity index (χ1) is 9.04. The Hall–Kier alpha value is -1.03. The normalized spacial score (nSPS) is 23.2. The summed E-state index contributed by atoms with van der Waals surface area (Å²) in [4.78, 5) is 14.1. The molecule has 0 bridgehead atoms. The van der Waals surface area contributed by atoms with E-state index in [0.29, 0.717) is 11.8 Å². The molecular formula is C15H20BrNO2. The van der Waals surface area contributed by atoms with Crippen LogP contribution in [0.1, 0.15) is 20.3 Å². The predicted molar refractivity (Wildman–Crippen MR) is 79.2 cm³/mol. The Kier molecular flexibility index (Phi) is 4.86. The summed E-state index contributed by atoms with van der Waals surface area (Å²) in [7, 11) is 0. The molecular weight excluding hydrogens is 306 g/mol. The molecule has 0 saturated carbocycles. The van der Waals surface area contributed by atoms with Crippen molar-refractivity contribution in [3.63, 3.8) is 0 Å². The molecule has 0 spiro atoms. The first-order valence-corrected chi connectivity index (χ1v) is 7.50. The molecule has 3 nitrogen and oxygen atoms in total. The molecule has 0 aliphatic carbocycles. The van der Waals surface area contributed by atoms with Gasteiger partial charge in [0.05, 0.1) is 0 Å². The Morgan fingerprint density at radius 1 is 1.37 bits per heavy atom. The Bertz CT molecular complexity index is 440. The maximum Gasteiger partial charge on any atom is 0.260 e. The van der Waals surface area contributed by atoms with Gasteiger partial charge < -0.3 is 9.64 Å². The molecule has 104 valence electrons. The monoisotopic (exact) mass is 325 g/mol. The van der Waals surface area contributed by atoms with Gasteiger partial charge in [-0.15, -0.1) is 0 Å². The smallest absolute Gasteiger partial charge is 0.260 e. The van der Waals surface area contributed by atoms with Crippen molar-refractivity contribution in [1.29, 1.82) is 0 Å². The van der Waals surface area contributed by atoms with Crippen molar-refractivity contribution in [1.82, 2.24) is 4.90 Å². The number of likely N-dealkylation sites (tertiary alicyclic amines) is 1. The zero-order chi connectivity index (χ0) is 13.8. The van der Waals surface area contributed by atoms with E-state index in [4.69, 9.17) is 4.74 Å². The molecule has 19 heavy (non-hydrogen) atoms. The van der Waals surface area contributed by atoms with Crippen molar-refractivity contribution in [3.05, 3.63) is 28.7 Å². The van der Waals surface area contributed by atoms with Crippen LogP contribution in [-0.2, 0) is 4.79 Å². The van der Waals surface area contributed by atoms with Crippen LogP contribution in [0.15, 0.2) is 28.7 Å². The van der Waals surface area contributed by atoms with E-state index >= 15 is 0 Å². The molecule has 2 atom stereocenters. The van der Waals surface area contributed by atoms with Crippen LogP contribution in [0.25, 0.3) is 0 Å². The van der Waals surface area contributed by atoms with E-state index in [1.807, 2.05) is 29.2 Å². The molecule has 1 amide bonds. The molecule has 1 aliphatic rings. The number of carbonyl (C=O) groups is 1. The number of carbonyl (C=O) groups excluding carboxylic acids is 1. The molecule has 0 aromatic heterocycles. The van der Waals surface area contributed by atoms with E-state index in [1.165, 1.54) is 6.42 Å². The van der Waals surface area contributed by atoms with E-state index < -0.39 is 0 Å². The first kappa shape index (κ1) is 14.4. The SMILES string of the molecule is CC1CC(C)CN(C(=O)COc2cccc(Br)c2)C1. The maximum absolute atomic E-state index is 12.1. The van der Waals surface area contributed by atoms with Gasteiger partial charge in [-0.2, -0.15) is 0 Å². The minimum atomic E-state index is 0.0818. The number of ether oxygens (including phenoxy) is 1. The number of piperidine rings is 1. The standard InChI is InChI=1S/C15H20BrNO2/c1-11-6-12(2)9-17(8-11)15(18)10-19-14-5-3-4-13(16)7-14/h3-5,7,11-12H,6,8-10H2,1-2H3. The molecule has 2 unspecified atom stereocenters. The average molecular weight is 326 g/mol. The number of nitrogens with zero attached hydrogens (tertiary/aromatic N) is 1. The second-order valence-corrected chi connectivity index (χ2v) is 6.41. The lowest BCUT2D eigenvalue weighted by Gasteiger charge is -2.34. The van der Waals surface area contributed by atoms with E-state index in [-0.39, 0.29) is 12.5 Å². The van der Waals surface area contributed by atoms with Crippen LogP contribution in [0.5, 0.6) is 5.75 Å². The van der Waals surface area contributed by atoms with Crippen LogP contribution >= 0.6 is 15.9 Å². The Morgan fingerprint density at radius 2 is 2.05 bits per heavy atom. The molecule has 0 N–H and O–H groups in total. The summed E-state index contributed by atoms with van der Waals surface area (Å²) in [5, 5.41) is 0. The second kappa shape index (κ2) is 6.42. The van der Waals surface area contributed by atoms with Gasteiger partial charge in [0.1, 0.15) is 5.75 Å². The van der Waals surface area contributed by atoms with E-state index in [1.54, 1.807) is 0 Å². The molecule has 1 aromatic rings. The minimum absolute atomic E-state index is 0.0818. The molecule has 1 aliphatic heterocycles. The van der Waals surface area contributed by atoms with Crippen LogP contribution in [0, 0.1) is 11.8 Å². The minimum Gasteiger partial charge on any atom is -0.484 e. The first-order valence-electron chi connectivity index (χ1n) is 6.70. The average Bonchev–Trinajstić information content (AvgIpc) is 2.35. The summed E-state index contributed by atoms with van der Waals surface area (Å²) >= 11 is 3.39. The highest BCUT2D eigenvalue weighted by atomic mass is 79.9. The van der Waals surface area contributed by atoms with Crippen LogP contribution < -0.4 is 4.74 Å². The number of hydrogen-bond acceptors (Lipinski definition) is 2. The number of hydrogen-bond donors (Lipinski definition) is 0. The Balaban J connectivity index is 1.87. The summed E-state index contributed by atoms with van der Waals surface area (Å²) in [6.45, 7) is 6.22. The van der Waals surface area contributed by atoms with E-state index in [0.717, 1.165) is 23.3 Å². The van der Waals surface area contributed by atoms with Gasteiger partial charge in [-0.05, 0) is 36.5 Å². The van der Waals surface area contributed by atoms with Crippen LogP contribution in [0.3, 0.4) is 0 Å². The third-order valence-corrected chi connectivity index (χ3v) is 3.87. The van der Waals surface area contributed by atoms with Crippen LogP contribution in [-0.4, -0.2) is 30.5 Å². The van der Waals surface area contributed by atoms with Crippen LogP contribution in [0.4, 0.5) is 0 Å². The molecule has 4 heteroatoms. The maximum atomic E-state index is 12.1. The largest absolute Gasteiger partial charge is 0.484 e. The number of benzene rings is 1. The fourth-order valence-electron chi connectivity index (χ4n) is 2.66. The summed E-state index contributed by atoms with van der Waals surface area (Å²) in [5.41, 5.74) is 0. The molecule has 0 radical (unpaired) electrons. The van der Waals surface area contributed by atoms with Gasteiger partial charge in [-0.1, -0.05) is 35.8 Å². The molecule has 1 saturated heterocycles. The van der Waals surface area contributed by atoms with E-state index in [9.17, 15) is 4.79 Å². The quantitative estimate of drug-likeness (QED) is 0.853. The lowest BCUT2D eigenvalue weighted by Crippen LogP contribution is -2.44. The van der Waals surface area contributed by atoms with Gasteiger partial charge in [-0.3, -0.25) is 4.79 Å². The van der Waals surface area contributed by atoms with Gasteiger partial charge in [0.25, 0.3) is 5.91 Å². The molecule has 2 rings (SSSR count). The van der Waals surface area contributed by atoms with Gasteiger partial charge in [0.15, 0.2) is 6.61 Å². The topological polar surface area (TPSA) is 29.5 Å². The summed E-state index contributed by atoms with van der Waals surface area (Å²) < 4.78 is 6.51. The highest BCUT2D eigenvalue weighted by molar-refractivity contribution is 9.10. The molecule has 1 fully saturated rings. The Labute approximate surface area is 123 Å². The van der Waals surface area contributed by atoms with Crippen molar-refractivity contribution in [3.8, 4) is 5.75 Å². The van der Waals surface area contributed by atoms with Crippen molar-refractivity contribution >= 4 is 21.8 Å². The zero-order valence-electron chi connectivity index (χ0n) is 11.4.